The lowest BCUT2D eigenvalue weighted by atomic mass is 9.86. The molecule has 16 heavy (non-hydrogen) atoms. The SMILES string of the molecule is CC(O)C(C)(C)CN1CCCC1CCCO. The number of aliphatic hydroxyl groups excluding tert-OH is 2. The fraction of sp³-hybridized carbons (Fsp3) is 1.00. The highest BCUT2D eigenvalue weighted by atomic mass is 16.3. The maximum Gasteiger partial charge on any atom is 0.0575 e. The predicted octanol–water partition coefficient (Wildman–Crippen LogP) is 1.63. The van der Waals surface area contributed by atoms with Crippen LogP contribution in [0.4, 0.5) is 0 Å². The summed E-state index contributed by atoms with van der Waals surface area (Å²) in [6.07, 6.45) is 4.22. The van der Waals surface area contributed by atoms with Gasteiger partial charge in [0.15, 0.2) is 0 Å². The van der Waals surface area contributed by atoms with Gasteiger partial charge >= 0.3 is 0 Å². The van der Waals surface area contributed by atoms with Gasteiger partial charge in [0.25, 0.3) is 0 Å². The number of rotatable bonds is 6. The largest absolute Gasteiger partial charge is 0.396 e. The zero-order valence-electron chi connectivity index (χ0n) is 10.9. The average Bonchev–Trinajstić information content (AvgIpc) is 2.61. The van der Waals surface area contributed by atoms with E-state index in [4.69, 9.17) is 5.11 Å². The summed E-state index contributed by atoms with van der Waals surface area (Å²) in [5.41, 5.74) is -0.0399. The first-order chi connectivity index (χ1) is 7.47. The molecule has 0 amide bonds. The van der Waals surface area contributed by atoms with Crippen molar-refractivity contribution in [2.75, 3.05) is 19.7 Å². The molecule has 0 saturated carbocycles. The van der Waals surface area contributed by atoms with Gasteiger partial charge in [-0.15, -0.1) is 0 Å². The minimum absolute atomic E-state index is 0.0399. The summed E-state index contributed by atoms with van der Waals surface area (Å²) in [5.74, 6) is 0. The first kappa shape index (κ1) is 13.9. The number of hydrogen-bond donors (Lipinski definition) is 2. The first-order valence-electron chi connectivity index (χ1n) is 6.50. The highest BCUT2D eigenvalue weighted by Gasteiger charge is 2.32. The Morgan fingerprint density at radius 3 is 2.69 bits per heavy atom. The van der Waals surface area contributed by atoms with Crippen LogP contribution in [-0.4, -0.2) is 47.0 Å². The molecule has 1 aliphatic rings. The number of aliphatic hydroxyl groups is 2. The van der Waals surface area contributed by atoms with E-state index in [-0.39, 0.29) is 11.5 Å². The van der Waals surface area contributed by atoms with E-state index in [9.17, 15) is 5.11 Å². The zero-order chi connectivity index (χ0) is 12.2. The van der Waals surface area contributed by atoms with Crippen LogP contribution in [0.3, 0.4) is 0 Å². The Morgan fingerprint density at radius 2 is 2.12 bits per heavy atom. The van der Waals surface area contributed by atoms with Gasteiger partial charge in [-0.3, -0.25) is 4.90 Å². The Hall–Kier alpha value is -0.120. The van der Waals surface area contributed by atoms with Crippen LogP contribution in [0.2, 0.25) is 0 Å². The van der Waals surface area contributed by atoms with Crippen molar-refractivity contribution in [3.05, 3.63) is 0 Å². The fourth-order valence-electron chi connectivity index (χ4n) is 2.41. The molecule has 1 heterocycles. The van der Waals surface area contributed by atoms with E-state index in [2.05, 4.69) is 18.7 Å². The summed E-state index contributed by atoms with van der Waals surface area (Å²) in [5, 5.41) is 18.6. The van der Waals surface area contributed by atoms with Crippen molar-refractivity contribution >= 4 is 0 Å². The van der Waals surface area contributed by atoms with Gasteiger partial charge in [-0.1, -0.05) is 13.8 Å². The maximum absolute atomic E-state index is 9.74. The number of nitrogens with zero attached hydrogens (tertiary/aromatic N) is 1. The lowest BCUT2D eigenvalue weighted by molar-refractivity contribution is 0.0295. The van der Waals surface area contributed by atoms with Crippen molar-refractivity contribution in [1.29, 1.82) is 0 Å². The minimum atomic E-state index is -0.272. The molecule has 0 aromatic heterocycles. The van der Waals surface area contributed by atoms with Crippen LogP contribution in [0, 0.1) is 5.41 Å². The highest BCUT2D eigenvalue weighted by molar-refractivity contribution is 4.85. The summed E-state index contributed by atoms with van der Waals surface area (Å²) in [7, 11) is 0. The summed E-state index contributed by atoms with van der Waals surface area (Å²) in [6.45, 7) is 8.52. The molecule has 0 radical (unpaired) electrons. The van der Waals surface area contributed by atoms with Gasteiger partial charge in [0.1, 0.15) is 0 Å². The standard InChI is InChI=1S/C13H27NO2/c1-11(16)13(2,3)10-14-8-4-6-12(14)7-5-9-15/h11-12,15-16H,4-10H2,1-3H3. The predicted molar refractivity (Wildman–Crippen MR) is 66.4 cm³/mol. The Bertz CT molecular complexity index is 204. The van der Waals surface area contributed by atoms with Gasteiger partial charge in [-0.2, -0.15) is 0 Å². The third-order valence-corrected chi connectivity index (χ3v) is 3.94. The molecule has 0 spiro atoms. The van der Waals surface area contributed by atoms with E-state index >= 15 is 0 Å². The Balaban J connectivity index is 2.46. The lowest BCUT2D eigenvalue weighted by Gasteiger charge is -2.35. The second-order valence-electron chi connectivity index (χ2n) is 5.80. The average molecular weight is 229 g/mol. The van der Waals surface area contributed by atoms with E-state index in [1.165, 1.54) is 12.8 Å². The van der Waals surface area contributed by atoms with E-state index < -0.39 is 0 Å². The molecule has 3 heteroatoms. The highest BCUT2D eigenvalue weighted by Crippen LogP contribution is 2.28. The van der Waals surface area contributed by atoms with Crippen LogP contribution in [-0.2, 0) is 0 Å². The monoisotopic (exact) mass is 229 g/mol. The van der Waals surface area contributed by atoms with Gasteiger partial charge in [0.05, 0.1) is 6.10 Å². The van der Waals surface area contributed by atoms with Crippen molar-refractivity contribution in [2.24, 2.45) is 5.41 Å². The van der Waals surface area contributed by atoms with E-state index in [1.807, 2.05) is 6.92 Å². The Labute approximate surface area is 99.5 Å². The minimum Gasteiger partial charge on any atom is -0.396 e. The molecule has 1 rings (SSSR count). The van der Waals surface area contributed by atoms with E-state index in [0.717, 1.165) is 25.9 Å². The van der Waals surface area contributed by atoms with Crippen LogP contribution in [0.15, 0.2) is 0 Å². The molecule has 2 atom stereocenters. The molecule has 0 bridgehead atoms. The first-order valence-corrected chi connectivity index (χ1v) is 6.50. The molecular formula is C13H27NO2. The van der Waals surface area contributed by atoms with Crippen molar-refractivity contribution in [2.45, 2.75) is 58.6 Å². The molecule has 1 fully saturated rings. The van der Waals surface area contributed by atoms with Gasteiger partial charge in [0.2, 0.25) is 0 Å². The topological polar surface area (TPSA) is 43.7 Å². The van der Waals surface area contributed by atoms with E-state index in [1.54, 1.807) is 0 Å². The maximum atomic E-state index is 9.74. The fourth-order valence-corrected chi connectivity index (χ4v) is 2.41. The zero-order valence-corrected chi connectivity index (χ0v) is 10.9. The molecule has 0 aromatic carbocycles. The Kier molecular flexibility index (Phi) is 5.22. The molecule has 0 aromatic rings. The summed E-state index contributed by atoms with van der Waals surface area (Å²) in [4.78, 5) is 2.49. The molecule has 1 saturated heterocycles. The van der Waals surface area contributed by atoms with Gasteiger partial charge < -0.3 is 10.2 Å². The summed E-state index contributed by atoms with van der Waals surface area (Å²) in [6, 6.07) is 0.616. The van der Waals surface area contributed by atoms with Crippen molar-refractivity contribution < 1.29 is 10.2 Å². The summed E-state index contributed by atoms with van der Waals surface area (Å²) >= 11 is 0. The van der Waals surface area contributed by atoms with Crippen molar-refractivity contribution in [1.82, 2.24) is 4.90 Å². The summed E-state index contributed by atoms with van der Waals surface area (Å²) < 4.78 is 0. The molecule has 2 unspecified atom stereocenters. The van der Waals surface area contributed by atoms with Crippen molar-refractivity contribution in [3.8, 4) is 0 Å². The number of likely N-dealkylation sites (tertiary alicyclic amines) is 1. The Morgan fingerprint density at radius 1 is 1.44 bits per heavy atom. The van der Waals surface area contributed by atoms with E-state index in [0.29, 0.717) is 12.6 Å². The quantitative estimate of drug-likeness (QED) is 0.727. The van der Waals surface area contributed by atoms with Gasteiger partial charge in [-0.05, 0) is 39.2 Å². The third kappa shape index (κ3) is 3.72. The molecule has 2 N–H and O–H groups in total. The second kappa shape index (κ2) is 5.99. The second-order valence-corrected chi connectivity index (χ2v) is 5.80. The molecule has 3 nitrogen and oxygen atoms in total. The van der Waals surface area contributed by atoms with Crippen LogP contribution >= 0.6 is 0 Å². The molecular weight excluding hydrogens is 202 g/mol. The van der Waals surface area contributed by atoms with Crippen molar-refractivity contribution in [3.63, 3.8) is 0 Å². The third-order valence-electron chi connectivity index (χ3n) is 3.94. The molecule has 96 valence electrons. The molecule has 1 aliphatic heterocycles. The van der Waals surface area contributed by atoms with Gasteiger partial charge in [0, 0.05) is 24.6 Å². The van der Waals surface area contributed by atoms with Crippen LogP contribution in [0.1, 0.15) is 46.5 Å². The van der Waals surface area contributed by atoms with Crippen LogP contribution in [0.5, 0.6) is 0 Å². The van der Waals surface area contributed by atoms with Crippen LogP contribution < -0.4 is 0 Å². The normalized spacial score (nSPS) is 24.9. The van der Waals surface area contributed by atoms with Crippen LogP contribution in [0.25, 0.3) is 0 Å². The lowest BCUT2D eigenvalue weighted by Crippen LogP contribution is -2.42. The molecule has 0 aliphatic carbocycles. The van der Waals surface area contributed by atoms with Gasteiger partial charge in [-0.25, -0.2) is 0 Å². The number of hydrogen-bond acceptors (Lipinski definition) is 3. The smallest absolute Gasteiger partial charge is 0.0575 e.